The zero-order chi connectivity index (χ0) is 17.7. The van der Waals surface area contributed by atoms with E-state index in [1.54, 1.807) is 0 Å². The first-order valence-electron chi connectivity index (χ1n) is 7.41. The molecule has 1 fully saturated rings. The Hall–Kier alpha value is -1.42. The maximum Gasteiger partial charge on any atom is 0.243 e. The van der Waals surface area contributed by atoms with E-state index < -0.39 is 20.7 Å². The first-order valence-corrected chi connectivity index (χ1v) is 9.27. The summed E-state index contributed by atoms with van der Waals surface area (Å²) in [6.45, 7) is 3.93. The van der Waals surface area contributed by atoms with Crippen LogP contribution in [-0.2, 0) is 14.8 Å². The lowest BCUT2D eigenvalue weighted by Gasteiger charge is -2.31. The molecule has 1 aliphatic heterocycles. The Labute approximate surface area is 145 Å². The molecule has 1 unspecified atom stereocenters. The molecule has 1 saturated heterocycles. The van der Waals surface area contributed by atoms with Crippen molar-refractivity contribution in [2.75, 3.05) is 32.8 Å². The van der Waals surface area contributed by atoms with Gasteiger partial charge in [0, 0.05) is 24.7 Å². The molecule has 0 saturated carbocycles. The number of sulfonamides is 1. The van der Waals surface area contributed by atoms with Crippen LogP contribution in [0.25, 0.3) is 0 Å². The minimum Gasteiger partial charge on any atom is -0.375 e. The highest BCUT2D eigenvalue weighted by atomic mass is 35.5. The second-order valence-corrected chi connectivity index (χ2v) is 7.51. The maximum absolute atomic E-state index is 13.7. The molecule has 0 radical (unpaired) electrons. The molecule has 1 aromatic rings. The lowest BCUT2D eigenvalue weighted by Crippen LogP contribution is -2.48. The van der Waals surface area contributed by atoms with Gasteiger partial charge in [0.15, 0.2) is 5.96 Å². The predicted molar refractivity (Wildman–Crippen MR) is 90.1 cm³/mol. The number of hydrogen-bond donors (Lipinski definition) is 2. The Balaban J connectivity index is 1.89. The number of rotatable bonds is 5. The molecule has 134 valence electrons. The fourth-order valence-corrected chi connectivity index (χ4v) is 3.49. The Morgan fingerprint density at radius 2 is 2.33 bits per heavy atom. The number of ether oxygens (including phenoxy) is 1. The minimum atomic E-state index is -3.97. The highest BCUT2D eigenvalue weighted by Gasteiger charge is 2.19. The SMILES string of the molecule is CC1CN(C(N)=NCCNS(=O)(=O)c2ccc(Cl)cc2F)CCO1. The van der Waals surface area contributed by atoms with Gasteiger partial charge in [-0.3, -0.25) is 4.99 Å². The van der Waals surface area contributed by atoms with Crippen LogP contribution in [0.1, 0.15) is 6.92 Å². The van der Waals surface area contributed by atoms with Crippen LogP contribution in [0.15, 0.2) is 28.1 Å². The molecule has 10 heteroatoms. The van der Waals surface area contributed by atoms with Gasteiger partial charge in [0.2, 0.25) is 10.0 Å². The van der Waals surface area contributed by atoms with E-state index in [-0.39, 0.29) is 24.2 Å². The molecule has 3 N–H and O–H groups in total. The van der Waals surface area contributed by atoms with Crippen molar-refractivity contribution in [1.82, 2.24) is 9.62 Å². The number of nitrogens with zero attached hydrogens (tertiary/aromatic N) is 2. The molecule has 0 amide bonds. The van der Waals surface area contributed by atoms with E-state index in [1.807, 2.05) is 11.8 Å². The average Bonchev–Trinajstić information content (AvgIpc) is 2.51. The normalized spacial score (nSPS) is 19.5. The van der Waals surface area contributed by atoms with Crippen LogP contribution in [0.3, 0.4) is 0 Å². The summed E-state index contributed by atoms with van der Waals surface area (Å²) < 4.78 is 45.5. The molecule has 2 rings (SSSR count). The molecule has 0 aromatic heterocycles. The zero-order valence-corrected chi connectivity index (χ0v) is 14.8. The fourth-order valence-electron chi connectivity index (χ4n) is 2.25. The van der Waals surface area contributed by atoms with Crippen LogP contribution in [0.5, 0.6) is 0 Å². The van der Waals surface area contributed by atoms with Crippen molar-refractivity contribution in [3.8, 4) is 0 Å². The van der Waals surface area contributed by atoms with Crippen molar-refractivity contribution in [2.45, 2.75) is 17.9 Å². The van der Waals surface area contributed by atoms with Crippen molar-refractivity contribution < 1.29 is 17.5 Å². The van der Waals surface area contributed by atoms with E-state index >= 15 is 0 Å². The van der Waals surface area contributed by atoms with E-state index in [4.69, 9.17) is 22.1 Å². The molecule has 1 atom stereocenters. The van der Waals surface area contributed by atoms with Crippen molar-refractivity contribution in [3.05, 3.63) is 29.0 Å². The summed E-state index contributed by atoms with van der Waals surface area (Å²) >= 11 is 5.61. The Morgan fingerprint density at radius 3 is 3.00 bits per heavy atom. The van der Waals surface area contributed by atoms with Gasteiger partial charge in [-0.15, -0.1) is 0 Å². The van der Waals surface area contributed by atoms with Crippen LogP contribution in [0.4, 0.5) is 4.39 Å². The predicted octanol–water partition coefficient (Wildman–Crippen LogP) is 0.793. The summed E-state index contributed by atoms with van der Waals surface area (Å²) in [5.74, 6) is -0.567. The van der Waals surface area contributed by atoms with Crippen LogP contribution in [0.2, 0.25) is 5.02 Å². The van der Waals surface area contributed by atoms with Gasteiger partial charge < -0.3 is 15.4 Å². The Bertz CT molecular complexity index is 714. The summed E-state index contributed by atoms with van der Waals surface area (Å²) in [4.78, 5) is 5.56. The van der Waals surface area contributed by atoms with Crippen LogP contribution in [-0.4, -0.2) is 58.2 Å². The molecule has 7 nitrogen and oxygen atoms in total. The number of nitrogens with two attached hydrogens (primary N) is 1. The molecule has 0 bridgehead atoms. The van der Waals surface area contributed by atoms with Gasteiger partial charge in [-0.1, -0.05) is 11.6 Å². The number of nitrogens with one attached hydrogen (secondary N) is 1. The molecule has 24 heavy (non-hydrogen) atoms. The van der Waals surface area contributed by atoms with Gasteiger partial charge in [0.25, 0.3) is 0 Å². The highest BCUT2D eigenvalue weighted by Crippen LogP contribution is 2.18. The van der Waals surface area contributed by atoms with Gasteiger partial charge in [0.05, 0.1) is 19.3 Å². The van der Waals surface area contributed by atoms with Crippen molar-refractivity contribution in [2.24, 2.45) is 10.7 Å². The summed E-state index contributed by atoms with van der Waals surface area (Å²) in [6.07, 6.45) is 0.0684. The maximum atomic E-state index is 13.7. The third kappa shape index (κ3) is 5.04. The first kappa shape index (κ1) is 18.9. The number of benzene rings is 1. The fraction of sp³-hybridized carbons (Fsp3) is 0.500. The summed E-state index contributed by atoms with van der Waals surface area (Å²) in [7, 11) is -3.97. The Morgan fingerprint density at radius 1 is 1.58 bits per heavy atom. The van der Waals surface area contributed by atoms with Gasteiger partial charge in [-0.05, 0) is 25.1 Å². The monoisotopic (exact) mass is 378 g/mol. The number of morpholine rings is 1. The number of hydrogen-bond acceptors (Lipinski definition) is 4. The van der Waals surface area contributed by atoms with Gasteiger partial charge in [0.1, 0.15) is 10.7 Å². The van der Waals surface area contributed by atoms with Crippen LogP contribution < -0.4 is 10.5 Å². The molecule has 1 aromatic carbocycles. The number of aliphatic imine (C=N–C) groups is 1. The van der Waals surface area contributed by atoms with Crippen molar-refractivity contribution >= 4 is 27.6 Å². The van der Waals surface area contributed by atoms with E-state index in [0.717, 1.165) is 12.1 Å². The first-order chi connectivity index (χ1) is 11.3. The van der Waals surface area contributed by atoms with E-state index in [0.29, 0.717) is 25.7 Å². The third-order valence-corrected chi connectivity index (χ3v) is 5.16. The third-order valence-electron chi connectivity index (χ3n) is 3.43. The number of halogens is 2. The summed E-state index contributed by atoms with van der Waals surface area (Å²) in [6, 6.07) is 3.38. The quantitative estimate of drug-likeness (QED) is 0.448. The molecule has 1 aliphatic rings. The lowest BCUT2D eigenvalue weighted by molar-refractivity contribution is 0.00530. The summed E-state index contributed by atoms with van der Waals surface area (Å²) in [5.41, 5.74) is 5.88. The van der Waals surface area contributed by atoms with Crippen LogP contribution >= 0.6 is 11.6 Å². The molecule has 1 heterocycles. The van der Waals surface area contributed by atoms with E-state index in [1.165, 1.54) is 6.07 Å². The smallest absolute Gasteiger partial charge is 0.243 e. The minimum absolute atomic E-state index is 0.00495. The van der Waals surface area contributed by atoms with Gasteiger partial charge in [-0.2, -0.15) is 0 Å². The summed E-state index contributed by atoms with van der Waals surface area (Å²) in [5, 5.41) is 0.128. The highest BCUT2D eigenvalue weighted by molar-refractivity contribution is 7.89. The Kier molecular flexibility index (Phi) is 6.39. The van der Waals surface area contributed by atoms with Gasteiger partial charge >= 0.3 is 0 Å². The zero-order valence-electron chi connectivity index (χ0n) is 13.2. The lowest BCUT2D eigenvalue weighted by atomic mass is 10.3. The molecule has 0 aliphatic carbocycles. The van der Waals surface area contributed by atoms with E-state index in [2.05, 4.69) is 9.71 Å². The largest absolute Gasteiger partial charge is 0.375 e. The second kappa shape index (κ2) is 8.11. The topological polar surface area (TPSA) is 97.0 Å². The number of guanidine groups is 1. The molecular formula is C14H20ClFN4O3S. The van der Waals surface area contributed by atoms with Crippen molar-refractivity contribution in [1.29, 1.82) is 0 Å². The standard InChI is InChI=1S/C14H20ClFN4O3S/c1-10-9-20(6-7-23-10)14(17)18-4-5-19-24(21,22)13-3-2-11(15)8-12(13)16/h2-3,8,10,19H,4-7,9H2,1H3,(H2,17,18). The second-order valence-electron chi connectivity index (χ2n) is 5.34. The van der Waals surface area contributed by atoms with E-state index in [9.17, 15) is 12.8 Å². The van der Waals surface area contributed by atoms with Crippen LogP contribution in [0, 0.1) is 5.82 Å². The molecular weight excluding hydrogens is 359 g/mol. The van der Waals surface area contributed by atoms with Crippen molar-refractivity contribution in [3.63, 3.8) is 0 Å². The average molecular weight is 379 g/mol. The molecule has 0 spiro atoms. The van der Waals surface area contributed by atoms with Gasteiger partial charge in [-0.25, -0.2) is 17.5 Å².